The first-order valence-corrected chi connectivity index (χ1v) is 4.57. The fourth-order valence-corrected chi connectivity index (χ4v) is 1.50. The summed E-state index contributed by atoms with van der Waals surface area (Å²) in [5, 5.41) is 19.3. The van der Waals surface area contributed by atoms with Gasteiger partial charge in [-0.05, 0) is 12.5 Å². The van der Waals surface area contributed by atoms with Crippen molar-refractivity contribution in [3.05, 3.63) is 11.6 Å². The van der Waals surface area contributed by atoms with Crippen LogP contribution < -0.4 is 9.47 Å². The first-order valence-electron chi connectivity index (χ1n) is 4.57. The minimum absolute atomic E-state index is 0.0225. The molecule has 0 unspecified atom stereocenters. The van der Waals surface area contributed by atoms with Crippen LogP contribution in [0.2, 0.25) is 0 Å². The zero-order valence-corrected chi connectivity index (χ0v) is 7.91. The van der Waals surface area contributed by atoms with Gasteiger partial charge in [0.25, 0.3) is 0 Å². The van der Waals surface area contributed by atoms with Gasteiger partial charge in [0.2, 0.25) is 11.5 Å². The third-order valence-corrected chi connectivity index (χ3v) is 2.23. The summed E-state index contributed by atoms with van der Waals surface area (Å²) in [4.78, 5) is 0. The Bertz CT molecular complexity index is 360. The molecule has 1 aromatic carbocycles. The maximum Gasteiger partial charge on any atom is 0.207 e. The molecule has 0 fully saturated rings. The molecular weight excluding hydrogens is 184 g/mol. The van der Waals surface area contributed by atoms with Crippen LogP contribution in [0, 0.1) is 0 Å². The Kier molecular flexibility index (Phi) is 2.11. The second-order valence-electron chi connectivity index (χ2n) is 3.11. The van der Waals surface area contributed by atoms with Crippen LogP contribution in [-0.4, -0.2) is 23.4 Å². The van der Waals surface area contributed by atoms with E-state index in [1.165, 1.54) is 6.07 Å². The average molecular weight is 196 g/mol. The van der Waals surface area contributed by atoms with Gasteiger partial charge in [-0.3, -0.25) is 0 Å². The summed E-state index contributed by atoms with van der Waals surface area (Å²) in [5.41, 5.74) is 0.659. The number of phenolic OH excluding ortho intramolecular Hbond substituents is 2. The van der Waals surface area contributed by atoms with Gasteiger partial charge < -0.3 is 19.7 Å². The first kappa shape index (κ1) is 8.99. The number of benzene rings is 1. The van der Waals surface area contributed by atoms with E-state index in [2.05, 4.69) is 0 Å². The van der Waals surface area contributed by atoms with Crippen molar-refractivity contribution in [2.45, 2.75) is 13.3 Å². The van der Waals surface area contributed by atoms with Crippen molar-refractivity contribution in [1.29, 1.82) is 0 Å². The van der Waals surface area contributed by atoms with Crippen molar-refractivity contribution >= 4 is 0 Å². The van der Waals surface area contributed by atoms with Crippen molar-refractivity contribution in [2.24, 2.45) is 0 Å². The number of hydrogen-bond acceptors (Lipinski definition) is 4. The van der Waals surface area contributed by atoms with E-state index in [1.54, 1.807) is 0 Å². The summed E-state index contributed by atoms with van der Waals surface area (Å²) in [5.74, 6) is 0.591. The normalized spacial score (nSPS) is 14.1. The van der Waals surface area contributed by atoms with Gasteiger partial charge in [-0.25, -0.2) is 0 Å². The standard InChI is InChI=1S/C10H12O4/c1-2-6-5-7(11)9-10(8(6)12)14-4-3-13-9/h5,11-12H,2-4H2,1H3. The first-order chi connectivity index (χ1) is 6.74. The molecule has 1 aliphatic heterocycles. The largest absolute Gasteiger partial charge is 0.504 e. The zero-order valence-electron chi connectivity index (χ0n) is 7.91. The van der Waals surface area contributed by atoms with E-state index in [-0.39, 0.29) is 23.0 Å². The number of ether oxygens (including phenoxy) is 2. The molecule has 14 heavy (non-hydrogen) atoms. The minimum atomic E-state index is 0.0225. The number of aryl methyl sites for hydroxylation is 1. The van der Waals surface area contributed by atoms with E-state index in [1.807, 2.05) is 6.92 Å². The fraction of sp³-hybridized carbons (Fsp3) is 0.400. The molecule has 0 aromatic heterocycles. The van der Waals surface area contributed by atoms with Crippen molar-refractivity contribution in [3.8, 4) is 23.0 Å². The van der Waals surface area contributed by atoms with Crippen LogP contribution >= 0.6 is 0 Å². The van der Waals surface area contributed by atoms with E-state index in [9.17, 15) is 10.2 Å². The highest BCUT2D eigenvalue weighted by Crippen LogP contribution is 2.47. The molecule has 1 aliphatic rings. The van der Waals surface area contributed by atoms with Gasteiger partial charge in [0.15, 0.2) is 11.5 Å². The predicted octanol–water partition coefficient (Wildman–Crippen LogP) is 1.43. The SMILES string of the molecule is CCc1cc(O)c2c(c1O)OCCO2. The van der Waals surface area contributed by atoms with E-state index < -0.39 is 0 Å². The molecule has 0 saturated heterocycles. The lowest BCUT2D eigenvalue weighted by Crippen LogP contribution is -2.15. The zero-order chi connectivity index (χ0) is 10.1. The number of fused-ring (bicyclic) bond motifs is 1. The van der Waals surface area contributed by atoms with Crippen LogP contribution in [0.15, 0.2) is 6.07 Å². The summed E-state index contributed by atoms with van der Waals surface area (Å²) < 4.78 is 10.4. The number of aromatic hydroxyl groups is 2. The maximum absolute atomic E-state index is 9.74. The molecule has 1 aromatic rings. The van der Waals surface area contributed by atoms with Crippen LogP contribution in [0.3, 0.4) is 0 Å². The molecule has 0 aliphatic carbocycles. The summed E-state index contributed by atoms with van der Waals surface area (Å²) >= 11 is 0. The second-order valence-corrected chi connectivity index (χ2v) is 3.11. The van der Waals surface area contributed by atoms with Crippen molar-refractivity contribution < 1.29 is 19.7 Å². The molecule has 0 saturated carbocycles. The molecule has 2 N–H and O–H groups in total. The molecule has 4 nitrogen and oxygen atoms in total. The van der Waals surface area contributed by atoms with E-state index >= 15 is 0 Å². The topological polar surface area (TPSA) is 58.9 Å². The highest BCUT2D eigenvalue weighted by atomic mass is 16.6. The van der Waals surface area contributed by atoms with Crippen LogP contribution in [0.25, 0.3) is 0 Å². The summed E-state index contributed by atoms with van der Waals surface area (Å²) in [6.07, 6.45) is 0.635. The van der Waals surface area contributed by atoms with Gasteiger partial charge in [0, 0.05) is 5.56 Å². The minimum Gasteiger partial charge on any atom is -0.504 e. The molecule has 0 bridgehead atoms. The average Bonchev–Trinajstić information content (AvgIpc) is 2.23. The quantitative estimate of drug-likeness (QED) is 0.667. The van der Waals surface area contributed by atoms with Crippen molar-refractivity contribution in [1.82, 2.24) is 0 Å². The number of phenols is 2. The lowest BCUT2D eigenvalue weighted by molar-refractivity contribution is 0.159. The summed E-state index contributed by atoms with van der Waals surface area (Å²) in [6.45, 7) is 2.68. The number of hydrogen-bond donors (Lipinski definition) is 2. The lowest BCUT2D eigenvalue weighted by atomic mass is 10.1. The molecule has 0 amide bonds. The van der Waals surface area contributed by atoms with Crippen LogP contribution in [0.5, 0.6) is 23.0 Å². The molecule has 1 heterocycles. The van der Waals surface area contributed by atoms with Crippen molar-refractivity contribution in [3.63, 3.8) is 0 Å². The fourth-order valence-electron chi connectivity index (χ4n) is 1.50. The Morgan fingerprint density at radius 2 is 1.86 bits per heavy atom. The Balaban J connectivity index is 2.58. The summed E-state index contributed by atoms with van der Waals surface area (Å²) in [6, 6.07) is 1.50. The molecule has 0 radical (unpaired) electrons. The van der Waals surface area contributed by atoms with Gasteiger partial charge in [0.05, 0.1) is 0 Å². The number of rotatable bonds is 1. The summed E-state index contributed by atoms with van der Waals surface area (Å²) in [7, 11) is 0. The van der Waals surface area contributed by atoms with Crippen molar-refractivity contribution in [2.75, 3.05) is 13.2 Å². The van der Waals surface area contributed by atoms with Gasteiger partial charge in [-0.2, -0.15) is 0 Å². The van der Waals surface area contributed by atoms with Crippen LogP contribution in [-0.2, 0) is 6.42 Å². The molecule has 0 spiro atoms. The Morgan fingerprint density at radius 1 is 1.21 bits per heavy atom. The van der Waals surface area contributed by atoms with Crippen LogP contribution in [0.1, 0.15) is 12.5 Å². The molecule has 0 atom stereocenters. The van der Waals surface area contributed by atoms with Crippen LogP contribution in [0.4, 0.5) is 0 Å². The smallest absolute Gasteiger partial charge is 0.207 e. The predicted molar refractivity (Wildman–Crippen MR) is 50.1 cm³/mol. The Labute approximate surface area is 81.7 Å². The molecular formula is C10H12O4. The van der Waals surface area contributed by atoms with E-state index in [0.29, 0.717) is 25.2 Å². The highest BCUT2D eigenvalue weighted by molar-refractivity contribution is 5.62. The van der Waals surface area contributed by atoms with Gasteiger partial charge in [-0.15, -0.1) is 0 Å². The maximum atomic E-state index is 9.74. The van der Waals surface area contributed by atoms with Gasteiger partial charge in [-0.1, -0.05) is 6.92 Å². The Hall–Kier alpha value is -1.58. The van der Waals surface area contributed by atoms with Gasteiger partial charge in [0.1, 0.15) is 13.2 Å². The molecule has 4 heteroatoms. The molecule has 76 valence electrons. The van der Waals surface area contributed by atoms with E-state index in [4.69, 9.17) is 9.47 Å². The molecule has 2 rings (SSSR count). The highest BCUT2D eigenvalue weighted by Gasteiger charge is 2.22. The van der Waals surface area contributed by atoms with E-state index in [0.717, 1.165) is 0 Å². The Morgan fingerprint density at radius 3 is 2.50 bits per heavy atom. The third kappa shape index (κ3) is 1.23. The third-order valence-electron chi connectivity index (χ3n) is 2.23. The lowest BCUT2D eigenvalue weighted by Gasteiger charge is -2.21. The monoisotopic (exact) mass is 196 g/mol. The van der Waals surface area contributed by atoms with Gasteiger partial charge >= 0.3 is 0 Å². The second kappa shape index (κ2) is 3.29.